The van der Waals surface area contributed by atoms with Crippen LogP contribution in [0.5, 0.6) is 0 Å². The molecule has 0 aromatic heterocycles. The highest BCUT2D eigenvalue weighted by atomic mass is 16.5. The fourth-order valence-electron chi connectivity index (χ4n) is 4.75. The molecule has 3 N–H and O–H groups in total. The van der Waals surface area contributed by atoms with E-state index >= 15 is 0 Å². The molecule has 19 heavy (non-hydrogen) atoms. The third-order valence-electron chi connectivity index (χ3n) is 6.02. The van der Waals surface area contributed by atoms with Crippen molar-refractivity contribution in [3.8, 4) is 0 Å². The van der Waals surface area contributed by atoms with Crippen molar-refractivity contribution in [3.05, 3.63) is 0 Å². The molecule has 0 spiro atoms. The van der Waals surface area contributed by atoms with Gasteiger partial charge in [-0.1, -0.05) is 20.8 Å². The minimum absolute atomic E-state index is 0.0943. The van der Waals surface area contributed by atoms with E-state index in [4.69, 9.17) is 10.5 Å². The summed E-state index contributed by atoms with van der Waals surface area (Å²) in [4.78, 5) is 12.4. The molecule has 1 amide bonds. The highest BCUT2D eigenvalue weighted by molar-refractivity contribution is 5.80. The summed E-state index contributed by atoms with van der Waals surface area (Å²) in [6.07, 6.45) is 3.79. The van der Waals surface area contributed by atoms with Crippen molar-refractivity contribution in [1.29, 1.82) is 0 Å². The maximum absolute atomic E-state index is 12.4. The summed E-state index contributed by atoms with van der Waals surface area (Å²) in [5.41, 5.74) is 6.42. The van der Waals surface area contributed by atoms with Gasteiger partial charge in [-0.2, -0.15) is 0 Å². The third-order valence-corrected chi connectivity index (χ3v) is 6.02. The van der Waals surface area contributed by atoms with Crippen molar-refractivity contribution < 1.29 is 9.53 Å². The van der Waals surface area contributed by atoms with Crippen LogP contribution in [0.15, 0.2) is 0 Å². The van der Waals surface area contributed by atoms with Crippen LogP contribution in [-0.4, -0.2) is 31.2 Å². The summed E-state index contributed by atoms with van der Waals surface area (Å²) < 4.78 is 5.31. The number of amides is 1. The van der Waals surface area contributed by atoms with Crippen molar-refractivity contribution in [2.24, 2.45) is 28.4 Å². The second kappa shape index (κ2) is 4.19. The quantitative estimate of drug-likeness (QED) is 0.791. The van der Waals surface area contributed by atoms with Crippen LogP contribution in [0.4, 0.5) is 0 Å². The van der Waals surface area contributed by atoms with Crippen molar-refractivity contribution in [2.45, 2.75) is 52.1 Å². The number of carbonyl (C=O) groups excluding carboxylic acids is 1. The molecule has 2 bridgehead atoms. The molecule has 2 saturated carbocycles. The Balaban J connectivity index is 1.74. The van der Waals surface area contributed by atoms with Crippen molar-refractivity contribution in [1.82, 2.24) is 5.32 Å². The molecule has 1 saturated heterocycles. The van der Waals surface area contributed by atoms with Gasteiger partial charge in [0.05, 0.1) is 19.1 Å². The van der Waals surface area contributed by atoms with Gasteiger partial charge < -0.3 is 15.8 Å². The first-order chi connectivity index (χ1) is 8.84. The summed E-state index contributed by atoms with van der Waals surface area (Å²) in [5.74, 6) is 0.673. The van der Waals surface area contributed by atoms with Crippen molar-refractivity contribution >= 4 is 5.91 Å². The predicted molar refractivity (Wildman–Crippen MR) is 73.4 cm³/mol. The zero-order chi connectivity index (χ0) is 13.8. The number of hydrogen-bond donors (Lipinski definition) is 2. The first-order valence-electron chi connectivity index (χ1n) is 7.48. The van der Waals surface area contributed by atoms with E-state index in [1.807, 2.05) is 0 Å². The molecule has 5 unspecified atom stereocenters. The highest BCUT2D eigenvalue weighted by Gasteiger charge is 2.60. The Labute approximate surface area is 115 Å². The van der Waals surface area contributed by atoms with Gasteiger partial charge in [-0.15, -0.1) is 0 Å². The number of fused-ring (bicyclic) bond motifs is 2. The zero-order valence-corrected chi connectivity index (χ0v) is 12.2. The lowest BCUT2D eigenvalue weighted by Gasteiger charge is -2.43. The molecule has 1 heterocycles. The smallest absolute Gasteiger partial charge is 0.227 e. The van der Waals surface area contributed by atoms with E-state index < -0.39 is 0 Å². The van der Waals surface area contributed by atoms with Crippen LogP contribution >= 0.6 is 0 Å². The van der Waals surface area contributed by atoms with E-state index in [0.29, 0.717) is 13.2 Å². The van der Waals surface area contributed by atoms with Crippen LogP contribution < -0.4 is 11.1 Å². The molecule has 1 aliphatic heterocycles. The van der Waals surface area contributed by atoms with Gasteiger partial charge in [-0.25, -0.2) is 0 Å². The van der Waals surface area contributed by atoms with Crippen LogP contribution in [-0.2, 0) is 9.53 Å². The highest BCUT2D eigenvalue weighted by Crippen LogP contribution is 2.62. The fraction of sp³-hybridized carbons (Fsp3) is 0.933. The summed E-state index contributed by atoms with van der Waals surface area (Å²) in [6.45, 7) is 7.92. The standard InChI is InChI=1S/C15H26N2O2/c1-14(2)9-4-5-15(3,6-9)13(14)17-12(18)10-7-19-8-11(10)16/h9-11,13H,4-8,16H2,1-3H3,(H,17,18). The number of carbonyl (C=O) groups is 1. The Kier molecular flexibility index (Phi) is 2.95. The molecule has 0 radical (unpaired) electrons. The van der Waals surface area contributed by atoms with E-state index in [1.54, 1.807) is 0 Å². The molecule has 0 aromatic carbocycles. The molecule has 4 nitrogen and oxygen atoms in total. The lowest BCUT2D eigenvalue weighted by atomic mass is 9.68. The normalized spacial score (nSPS) is 47.6. The summed E-state index contributed by atoms with van der Waals surface area (Å²) in [6, 6.07) is 0.133. The zero-order valence-electron chi connectivity index (χ0n) is 12.2. The molecular weight excluding hydrogens is 240 g/mol. The topological polar surface area (TPSA) is 64.3 Å². The van der Waals surface area contributed by atoms with Gasteiger partial charge >= 0.3 is 0 Å². The molecule has 0 aromatic rings. The number of nitrogens with one attached hydrogen (secondary N) is 1. The van der Waals surface area contributed by atoms with Gasteiger partial charge in [0.1, 0.15) is 0 Å². The molecule has 3 aliphatic rings. The Morgan fingerprint density at radius 3 is 2.58 bits per heavy atom. The molecular formula is C15H26N2O2. The minimum Gasteiger partial charge on any atom is -0.379 e. The lowest BCUT2D eigenvalue weighted by Crippen LogP contribution is -2.55. The maximum Gasteiger partial charge on any atom is 0.227 e. The lowest BCUT2D eigenvalue weighted by molar-refractivity contribution is -0.128. The molecule has 4 heteroatoms. The van der Waals surface area contributed by atoms with E-state index in [1.165, 1.54) is 19.3 Å². The number of rotatable bonds is 2. The van der Waals surface area contributed by atoms with Gasteiger partial charge in [0.25, 0.3) is 0 Å². The van der Waals surface area contributed by atoms with E-state index in [0.717, 1.165) is 5.92 Å². The third kappa shape index (κ3) is 1.91. The van der Waals surface area contributed by atoms with Gasteiger partial charge in [0.2, 0.25) is 5.91 Å². The Morgan fingerprint density at radius 1 is 1.32 bits per heavy atom. The Hall–Kier alpha value is -0.610. The van der Waals surface area contributed by atoms with Gasteiger partial charge in [-0.3, -0.25) is 4.79 Å². The van der Waals surface area contributed by atoms with Crippen LogP contribution in [0.1, 0.15) is 40.0 Å². The summed E-state index contributed by atoms with van der Waals surface area (Å²) in [7, 11) is 0. The first kappa shape index (κ1) is 13.4. The monoisotopic (exact) mass is 266 g/mol. The van der Waals surface area contributed by atoms with Crippen molar-refractivity contribution in [2.75, 3.05) is 13.2 Å². The van der Waals surface area contributed by atoms with E-state index in [9.17, 15) is 4.79 Å². The van der Waals surface area contributed by atoms with E-state index in [-0.39, 0.29) is 34.7 Å². The van der Waals surface area contributed by atoms with Crippen LogP contribution in [0.25, 0.3) is 0 Å². The SMILES string of the molecule is CC12CCC(C1)C(C)(C)C2NC(=O)C1COCC1N. The molecule has 108 valence electrons. The summed E-state index contributed by atoms with van der Waals surface area (Å²) >= 11 is 0. The fourth-order valence-corrected chi connectivity index (χ4v) is 4.75. The number of nitrogens with two attached hydrogens (primary N) is 1. The number of hydrogen-bond acceptors (Lipinski definition) is 3. The summed E-state index contributed by atoms with van der Waals surface area (Å²) in [5, 5.41) is 3.31. The average Bonchev–Trinajstić information content (AvgIpc) is 2.95. The Bertz CT molecular complexity index is 391. The molecule has 5 atom stereocenters. The second-order valence-corrected chi connectivity index (χ2v) is 7.66. The van der Waals surface area contributed by atoms with Gasteiger partial charge in [-0.05, 0) is 36.0 Å². The predicted octanol–water partition coefficient (Wildman–Crippen LogP) is 1.29. The average molecular weight is 266 g/mol. The van der Waals surface area contributed by atoms with Crippen LogP contribution in [0.3, 0.4) is 0 Å². The van der Waals surface area contributed by atoms with Crippen LogP contribution in [0, 0.1) is 22.7 Å². The largest absolute Gasteiger partial charge is 0.379 e. The van der Waals surface area contributed by atoms with Crippen molar-refractivity contribution in [3.63, 3.8) is 0 Å². The second-order valence-electron chi connectivity index (χ2n) is 7.66. The minimum atomic E-state index is -0.168. The van der Waals surface area contributed by atoms with Gasteiger partial charge in [0.15, 0.2) is 0 Å². The molecule has 3 rings (SSSR count). The van der Waals surface area contributed by atoms with E-state index in [2.05, 4.69) is 26.1 Å². The molecule has 2 aliphatic carbocycles. The van der Waals surface area contributed by atoms with Gasteiger partial charge in [0, 0.05) is 12.1 Å². The Morgan fingerprint density at radius 2 is 2.05 bits per heavy atom. The first-order valence-corrected chi connectivity index (χ1v) is 7.48. The maximum atomic E-state index is 12.4. The van der Waals surface area contributed by atoms with Crippen LogP contribution in [0.2, 0.25) is 0 Å². The molecule has 3 fully saturated rings. The number of ether oxygens (including phenoxy) is 1.